The topological polar surface area (TPSA) is 66.0 Å². The van der Waals surface area contributed by atoms with Crippen LogP contribution in [0.3, 0.4) is 0 Å². The number of benzene rings is 1. The number of hydrogen-bond donors (Lipinski definition) is 0. The molecule has 2 amide bonds. The van der Waals surface area contributed by atoms with Gasteiger partial charge in [-0.25, -0.2) is 9.78 Å². The molecule has 0 radical (unpaired) electrons. The summed E-state index contributed by atoms with van der Waals surface area (Å²) in [5, 5.41) is 0. The smallest absolute Gasteiger partial charge is 0.414 e. The number of aryl methyl sites for hydroxylation is 1. The first-order chi connectivity index (χ1) is 15.5. The summed E-state index contributed by atoms with van der Waals surface area (Å²) in [6, 6.07) is 9.53. The lowest BCUT2D eigenvalue weighted by molar-refractivity contribution is 0.0746. The molecule has 7 nitrogen and oxygen atoms in total. The van der Waals surface area contributed by atoms with Gasteiger partial charge in [-0.2, -0.15) is 0 Å². The number of anilines is 2. The summed E-state index contributed by atoms with van der Waals surface area (Å²) in [7, 11) is 0. The fraction of sp³-hybridized carbons (Fsp3) is 0.480. The van der Waals surface area contributed by atoms with Crippen LogP contribution in [-0.2, 0) is 4.74 Å². The molecule has 2 saturated heterocycles. The second-order valence-corrected chi connectivity index (χ2v) is 9.16. The van der Waals surface area contributed by atoms with E-state index in [4.69, 9.17) is 9.72 Å². The highest BCUT2D eigenvalue weighted by Gasteiger charge is 2.31. The largest absolute Gasteiger partial charge is 0.447 e. The maximum Gasteiger partial charge on any atom is 0.414 e. The van der Waals surface area contributed by atoms with Crippen LogP contribution in [0.1, 0.15) is 53.6 Å². The Morgan fingerprint density at radius 3 is 2.33 bits per heavy atom. The molecule has 0 bridgehead atoms. The van der Waals surface area contributed by atoms with Crippen LogP contribution in [0.4, 0.5) is 16.3 Å². The molecule has 176 valence electrons. The lowest BCUT2D eigenvalue weighted by Gasteiger charge is -2.36. The highest BCUT2D eigenvalue weighted by atomic mass is 35.5. The molecule has 1 aromatic heterocycles. The Bertz CT molecular complexity index is 1020. The van der Waals surface area contributed by atoms with Gasteiger partial charge in [0.15, 0.2) is 0 Å². The van der Waals surface area contributed by atoms with Crippen LogP contribution < -0.4 is 9.80 Å². The molecule has 3 heterocycles. The average molecular weight is 471 g/mol. The normalized spacial score (nSPS) is 20.8. The maximum absolute atomic E-state index is 13.0. The molecule has 5 rings (SSSR count). The van der Waals surface area contributed by atoms with Crippen LogP contribution in [0.25, 0.3) is 0 Å². The number of carbonyl (C=O) groups excluding carboxylic acids is 2. The molecule has 2 aromatic rings. The molecule has 1 aromatic carbocycles. The van der Waals surface area contributed by atoms with Crippen molar-refractivity contribution >= 4 is 35.9 Å². The summed E-state index contributed by atoms with van der Waals surface area (Å²) in [5.41, 5.74) is 3.99. The third kappa shape index (κ3) is 4.51. The van der Waals surface area contributed by atoms with Crippen molar-refractivity contribution in [2.75, 3.05) is 42.6 Å². The summed E-state index contributed by atoms with van der Waals surface area (Å²) in [4.78, 5) is 35.5. The molecular formula is C25H31ClN4O3. The Morgan fingerprint density at radius 1 is 1.09 bits per heavy atom. The van der Waals surface area contributed by atoms with Crippen molar-refractivity contribution in [3.05, 3.63) is 53.2 Å². The van der Waals surface area contributed by atoms with Gasteiger partial charge in [0, 0.05) is 43.6 Å². The van der Waals surface area contributed by atoms with Gasteiger partial charge in [0.05, 0.1) is 6.04 Å². The Labute approximate surface area is 201 Å². The summed E-state index contributed by atoms with van der Waals surface area (Å²) in [5.74, 6) is 1.75. The van der Waals surface area contributed by atoms with Crippen molar-refractivity contribution in [3.63, 3.8) is 0 Å². The third-order valence-electron chi connectivity index (χ3n) is 6.99. The highest BCUT2D eigenvalue weighted by Crippen LogP contribution is 2.37. The number of nitrogens with zero attached hydrogens (tertiary/aromatic N) is 4. The van der Waals surface area contributed by atoms with E-state index < -0.39 is 0 Å². The first-order valence-corrected chi connectivity index (χ1v) is 11.6. The number of ether oxygens (including phenoxy) is 1. The van der Waals surface area contributed by atoms with Crippen LogP contribution in [0.5, 0.6) is 0 Å². The number of hydrogen-bond acceptors (Lipinski definition) is 5. The van der Waals surface area contributed by atoms with Gasteiger partial charge in [-0.1, -0.05) is 12.5 Å². The van der Waals surface area contributed by atoms with Crippen LogP contribution >= 0.6 is 12.4 Å². The lowest BCUT2D eigenvalue weighted by Crippen LogP contribution is -2.49. The molecule has 0 spiro atoms. The summed E-state index contributed by atoms with van der Waals surface area (Å²) in [6.07, 6.45) is 5.60. The Hall–Kier alpha value is -2.80. The van der Waals surface area contributed by atoms with E-state index in [0.29, 0.717) is 31.2 Å². The van der Waals surface area contributed by atoms with Gasteiger partial charge in [-0.05, 0) is 68.0 Å². The van der Waals surface area contributed by atoms with E-state index in [9.17, 15) is 9.59 Å². The van der Waals surface area contributed by atoms with E-state index in [0.717, 1.165) is 24.6 Å². The SMILES string of the molecule is Cc1cc(C2CCC2)cnc1N1CCN(C(=O)c2ccc(N3C(=O)OC[C@H]3C)cc2)CC1.Cl. The molecule has 3 aliphatic rings. The van der Waals surface area contributed by atoms with Gasteiger partial charge >= 0.3 is 6.09 Å². The minimum absolute atomic E-state index is 0. The van der Waals surface area contributed by atoms with Crippen molar-refractivity contribution in [1.29, 1.82) is 0 Å². The summed E-state index contributed by atoms with van der Waals surface area (Å²) >= 11 is 0. The molecule has 1 atom stereocenters. The molecule has 3 fully saturated rings. The molecule has 1 saturated carbocycles. The number of halogens is 1. The van der Waals surface area contributed by atoms with Gasteiger partial charge in [0.25, 0.3) is 5.91 Å². The van der Waals surface area contributed by atoms with E-state index in [1.165, 1.54) is 30.4 Å². The first kappa shape index (κ1) is 23.4. The number of piperazine rings is 1. The Morgan fingerprint density at radius 2 is 1.79 bits per heavy atom. The number of cyclic esters (lactones) is 1. The van der Waals surface area contributed by atoms with Crippen molar-refractivity contribution in [1.82, 2.24) is 9.88 Å². The minimum Gasteiger partial charge on any atom is -0.447 e. The fourth-order valence-electron chi connectivity index (χ4n) is 4.83. The molecule has 33 heavy (non-hydrogen) atoms. The minimum atomic E-state index is -0.336. The van der Waals surface area contributed by atoms with Gasteiger partial charge in [0.2, 0.25) is 0 Å². The average Bonchev–Trinajstić information content (AvgIpc) is 3.10. The van der Waals surface area contributed by atoms with Gasteiger partial charge in [-0.15, -0.1) is 12.4 Å². The number of rotatable bonds is 4. The van der Waals surface area contributed by atoms with E-state index in [1.54, 1.807) is 17.0 Å². The first-order valence-electron chi connectivity index (χ1n) is 11.6. The predicted molar refractivity (Wildman–Crippen MR) is 131 cm³/mol. The zero-order chi connectivity index (χ0) is 22.2. The molecule has 8 heteroatoms. The quantitative estimate of drug-likeness (QED) is 0.663. The number of aromatic nitrogens is 1. The molecule has 0 N–H and O–H groups in total. The third-order valence-corrected chi connectivity index (χ3v) is 6.99. The number of carbonyl (C=O) groups is 2. The van der Waals surface area contributed by atoms with E-state index in [-0.39, 0.29) is 30.4 Å². The fourth-order valence-corrected chi connectivity index (χ4v) is 4.83. The number of amides is 2. The highest BCUT2D eigenvalue weighted by molar-refractivity contribution is 5.96. The van der Waals surface area contributed by atoms with Gasteiger partial charge < -0.3 is 14.5 Å². The van der Waals surface area contributed by atoms with Crippen LogP contribution in [-0.4, -0.2) is 60.7 Å². The second kappa shape index (κ2) is 9.59. The summed E-state index contributed by atoms with van der Waals surface area (Å²) in [6.45, 7) is 7.36. The Kier molecular flexibility index (Phi) is 6.79. The molecule has 0 unspecified atom stereocenters. The zero-order valence-corrected chi connectivity index (χ0v) is 20.0. The van der Waals surface area contributed by atoms with Crippen LogP contribution in [0, 0.1) is 6.92 Å². The van der Waals surface area contributed by atoms with Crippen molar-refractivity contribution in [3.8, 4) is 0 Å². The monoisotopic (exact) mass is 470 g/mol. The van der Waals surface area contributed by atoms with Crippen LogP contribution in [0.15, 0.2) is 36.5 Å². The zero-order valence-electron chi connectivity index (χ0n) is 19.2. The maximum atomic E-state index is 13.0. The second-order valence-electron chi connectivity index (χ2n) is 9.16. The molecule has 2 aliphatic heterocycles. The van der Waals surface area contributed by atoms with Crippen LogP contribution in [0.2, 0.25) is 0 Å². The standard InChI is InChI=1S/C25H30N4O3.ClH/c1-17-14-21(19-4-3-5-19)15-26-23(17)27-10-12-28(13-11-27)24(30)20-6-8-22(9-7-20)29-18(2)16-32-25(29)31;/h6-9,14-15,18-19H,3-5,10-13,16H2,1-2H3;1H/t18-;/m1./s1. The van der Waals surface area contributed by atoms with Gasteiger partial charge in [0.1, 0.15) is 12.4 Å². The van der Waals surface area contributed by atoms with Crippen molar-refractivity contribution < 1.29 is 14.3 Å². The van der Waals surface area contributed by atoms with E-state index in [2.05, 4.69) is 17.9 Å². The molecular weight excluding hydrogens is 440 g/mol. The van der Waals surface area contributed by atoms with E-state index >= 15 is 0 Å². The molecule has 1 aliphatic carbocycles. The van der Waals surface area contributed by atoms with Crippen molar-refractivity contribution in [2.45, 2.75) is 45.1 Å². The number of pyridine rings is 1. The van der Waals surface area contributed by atoms with Crippen molar-refractivity contribution in [2.24, 2.45) is 0 Å². The Balaban J connectivity index is 0.00000259. The van der Waals surface area contributed by atoms with Gasteiger partial charge in [-0.3, -0.25) is 9.69 Å². The lowest BCUT2D eigenvalue weighted by atomic mass is 9.80. The predicted octanol–water partition coefficient (Wildman–Crippen LogP) is 4.39. The van der Waals surface area contributed by atoms with E-state index in [1.807, 2.05) is 30.2 Å². The summed E-state index contributed by atoms with van der Waals surface area (Å²) < 4.78 is 5.09.